The van der Waals surface area contributed by atoms with E-state index in [2.05, 4.69) is 22.7 Å². The van der Waals surface area contributed by atoms with Crippen LogP contribution < -0.4 is 4.74 Å². The summed E-state index contributed by atoms with van der Waals surface area (Å²) in [6.07, 6.45) is 6.94. The van der Waals surface area contributed by atoms with Gasteiger partial charge in [0.2, 0.25) is 0 Å². The van der Waals surface area contributed by atoms with Crippen LogP contribution in [0.5, 0.6) is 5.75 Å². The predicted molar refractivity (Wildman–Crippen MR) is 92.3 cm³/mol. The van der Waals surface area contributed by atoms with Crippen molar-refractivity contribution in [2.45, 2.75) is 25.0 Å². The lowest BCUT2D eigenvalue weighted by atomic mass is 9.91. The molecule has 1 N–H and O–H groups in total. The Bertz CT molecular complexity index is 754. The Morgan fingerprint density at radius 1 is 1.43 bits per heavy atom. The third-order valence-electron chi connectivity index (χ3n) is 4.55. The summed E-state index contributed by atoms with van der Waals surface area (Å²) in [5.41, 5.74) is 2.96. The molecule has 0 bridgehead atoms. The minimum atomic E-state index is -0.583. The van der Waals surface area contributed by atoms with Crippen molar-refractivity contribution in [3.05, 3.63) is 60.5 Å². The van der Waals surface area contributed by atoms with Crippen molar-refractivity contribution in [2.75, 3.05) is 14.2 Å². The van der Waals surface area contributed by atoms with Gasteiger partial charge in [-0.1, -0.05) is 12.7 Å². The first-order chi connectivity index (χ1) is 11.1. The number of allylic oxidation sites excluding steroid dienone is 2. The second kappa shape index (κ2) is 6.42. The molecule has 4 nitrogen and oxygen atoms in total. The standard InChI is InChI=1S/C19H22N2O2/c1-4-13-5-8-18(21(2)12-13)19(22)15-9-10-20-17-7-6-14(23-3)11-16(15)17/h4,6-7,9-12,18-19,22H,1,5,8H2,2-3H3/t18-,19+/m0/s1. The van der Waals surface area contributed by atoms with Crippen molar-refractivity contribution in [1.82, 2.24) is 9.88 Å². The molecule has 0 fully saturated rings. The quantitative estimate of drug-likeness (QED) is 0.939. The average Bonchev–Trinajstić information content (AvgIpc) is 2.60. The highest BCUT2D eigenvalue weighted by Crippen LogP contribution is 2.33. The fraction of sp³-hybridized carbons (Fsp3) is 0.316. The normalized spacial score (nSPS) is 19.3. The van der Waals surface area contributed by atoms with E-state index in [0.717, 1.165) is 35.1 Å². The number of aromatic nitrogens is 1. The van der Waals surface area contributed by atoms with E-state index in [9.17, 15) is 5.11 Å². The number of rotatable bonds is 4. The SMILES string of the molecule is C=CC1=CN(C)[C@H]([C@H](O)c2ccnc3ccc(OC)cc23)CC1. The van der Waals surface area contributed by atoms with Gasteiger partial charge in [0, 0.05) is 24.8 Å². The maximum Gasteiger partial charge on any atom is 0.119 e. The maximum absolute atomic E-state index is 11.0. The van der Waals surface area contributed by atoms with Crippen LogP contribution in [0.2, 0.25) is 0 Å². The lowest BCUT2D eigenvalue weighted by Crippen LogP contribution is -2.36. The zero-order valence-electron chi connectivity index (χ0n) is 13.6. The van der Waals surface area contributed by atoms with Crippen LogP contribution in [0.25, 0.3) is 10.9 Å². The Hall–Kier alpha value is -2.33. The van der Waals surface area contributed by atoms with E-state index in [1.54, 1.807) is 13.3 Å². The Balaban J connectivity index is 1.99. The van der Waals surface area contributed by atoms with Gasteiger partial charge in [0.05, 0.1) is 24.8 Å². The maximum atomic E-state index is 11.0. The zero-order chi connectivity index (χ0) is 16.4. The van der Waals surface area contributed by atoms with E-state index in [1.165, 1.54) is 5.57 Å². The largest absolute Gasteiger partial charge is 0.497 e. The predicted octanol–water partition coefficient (Wildman–Crippen LogP) is 3.44. The van der Waals surface area contributed by atoms with Gasteiger partial charge in [0.15, 0.2) is 0 Å². The van der Waals surface area contributed by atoms with Crippen LogP contribution in [0.15, 0.2) is 54.9 Å². The van der Waals surface area contributed by atoms with Crippen LogP contribution in [-0.2, 0) is 0 Å². The molecule has 0 saturated heterocycles. The van der Waals surface area contributed by atoms with Crippen molar-refractivity contribution < 1.29 is 9.84 Å². The highest BCUT2D eigenvalue weighted by molar-refractivity contribution is 5.83. The number of aliphatic hydroxyl groups is 1. The molecular formula is C19H22N2O2. The van der Waals surface area contributed by atoms with E-state index in [0.29, 0.717) is 0 Å². The van der Waals surface area contributed by atoms with Crippen LogP contribution in [0.3, 0.4) is 0 Å². The monoisotopic (exact) mass is 310 g/mol. The molecule has 1 aromatic heterocycles. The van der Waals surface area contributed by atoms with Gasteiger partial charge in [0.25, 0.3) is 0 Å². The summed E-state index contributed by atoms with van der Waals surface area (Å²) < 4.78 is 5.31. The summed E-state index contributed by atoms with van der Waals surface area (Å²) in [5.74, 6) is 0.768. The summed E-state index contributed by atoms with van der Waals surface area (Å²) in [7, 11) is 3.64. The number of pyridine rings is 1. The molecule has 0 spiro atoms. The van der Waals surface area contributed by atoms with Crippen molar-refractivity contribution in [3.8, 4) is 5.75 Å². The summed E-state index contributed by atoms with van der Waals surface area (Å²) in [5, 5.41) is 11.9. The first-order valence-corrected chi connectivity index (χ1v) is 7.80. The fourth-order valence-electron chi connectivity index (χ4n) is 3.21. The minimum Gasteiger partial charge on any atom is -0.497 e. The second-order valence-electron chi connectivity index (χ2n) is 5.91. The molecule has 2 atom stereocenters. The molecule has 0 saturated carbocycles. The average molecular weight is 310 g/mol. The van der Waals surface area contributed by atoms with Gasteiger partial charge in [0.1, 0.15) is 5.75 Å². The number of benzene rings is 1. The van der Waals surface area contributed by atoms with Gasteiger partial charge < -0.3 is 14.7 Å². The number of ether oxygens (including phenoxy) is 1. The van der Waals surface area contributed by atoms with Gasteiger partial charge >= 0.3 is 0 Å². The van der Waals surface area contributed by atoms with E-state index in [-0.39, 0.29) is 6.04 Å². The number of nitrogens with zero attached hydrogens (tertiary/aromatic N) is 2. The van der Waals surface area contributed by atoms with E-state index in [4.69, 9.17) is 4.74 Å². The molecule has 0 radical (unpaired) electrons. The van der Waals surface area contributed by atoms with Crippen molar-refractivity contribution >= 4 is 10.9 Å². The molecule has 1 aromatic carbocycles. The van der Waals surface area contributed by atoms with Crippen LogP contribution >= 0.6 is 0 Å². The molecular weight excluding hydrogens is 288 g/mol. The van der Waals surface area contributed by atoms with Crippen molar-refractivity contribution in [1.29, 1.82) is 0 Å². The molecule has 2 aromatic rings. The smallest absolute Gasteiger partial charge is 0.119 e. The van der Waals surface area contributed by atoms with E-state index in [1.807, 2.05) is 37.4 Å². The first-order valence-electron chi connectivity index (χ1n) is 7.80. The fourth-order valence-corrected chi connectivity index (χ4v) is 3.21. The number of likely N-dealkylation sites (N-methyl/N-ethyl adjacent to an activating group) is 1. The highest BCUT2D eigenvalue weighted by atomic mass is 16.5. The minimum absolute atomic E-state index is 0.0375. The zero-order valence-corrected chi connectivity index (χ0v) is 13.6. The molecule has 120 valence electrons. The van der Waals surface area contributed by atoms with Crippen LogP contribution in [0.4, 0.5) is 0 Å². The molecule has 2 heterocycles. The number of fused-ring (bicyclic) bond motifs is 1. The van der Waals surface area contributed by atoms with Gasteiger partial charge in [-0.05, 0) is 48.2 Å². The first kappa shape index (κ1) is 15.6. The lowest BCUT2D eigenvalue weighted by Gasteiger charge is -2.35. The summed E-state index contributed by atoms with van der Waals surface area (Å²) in [4.78, 5) is 6.46. The number of hydrogen-bond acceptors (Lipinski definition) is 4. The number of aliphatic hydroxyl groups excluding tert-OH is 1. The van der Waals surface area contributed by atoms with Gasteiger partial charge in [-0.25, -0.2) is 0 Å². The Morgan fingerprint density at radius 2 is 2.26 bits per heavy atom. The second-order valence-corrected chi connectivity index (χ2v) is 5.91. The Kier molecular flexibility index (Phi) is 4.35. The van der Waals surface area contributed by atoms with Crippen molar-refractivity contribution in [3.63, 3.8) is 0 Å². The molecule has 0 unspecified atom stereocenters. The summed E-state index contributed by atoms with van der Waals surface area (Å²) in [6.45, 7) is 3.83. The molecule has 4 heteroatoms. The molecule has 0 amide bonds. The third kappa shape index (κ3) is 2.94. The van der Waals surface area contributed by atoms with Crippen LogP contribution in [-0.4, -0.2) is 35.2 Å². The van der Waals surface area contributed by atoms with Gasteiger partial charge in [-0.3, -0.25) is 4.98 Å². The number of hydrogen-bond donors (Lipinski definition) is 1. The molecule has 23 heavy (non-hydrogen) atoms. The topological polar surface area (TPSA) is 45.6 Å². The number of methoxy groups -OCH3 is 1. The van der Waals surface area contributed by atoms with Gasteiger partial charge in [-0.15, -0.1) is 0 Å². The summed E-state index contributed by atoms with van der Waals surface area (Å²) in [6, 6.07) is 7.68. The Labute approximate surface area is 136 Å². The highest BCUT2D eigenvalue weighted by Gasteiger charge is 2.27. The molecule has 1 aliphatic heterocycles. The van der Waals surface area contributed by atoms with E-state index < -0.39 is 6.10 Å². The van der Waals surface area contributed by atoms with Gasteiger partial charge in [-0.2, -0.15) is 0 Å². The third-order valence-corrected chi connectivity index (χ3v) is 4.55. The van der Waals surface area contributed by atoms with Crippen LogP contribution in [0, 0.1) is 0 Å². The molecule has 0 aliphatic carbocycles. The molecule has 1 aliphatic rings. The van der Waals surface area contributed by atoms with E-state index >= 15 is 0 Å². The van der Waals surface area contributed by atoms with Crippen molar-refractivity contribution in [2.24, 2.45) is 0 Å². The Morgan fingerprint density at radius 3 is 2.96 bits per heavy atom. The summed E-state index contributed by atoms with van der Waals surface area (Å²) >= 11 is 0. The van der Waals surface area contributed by atoms with Crippen LogP contribution in [0.1, 0.15) is 24.5 Å². The lowest BCUT2D eigenvalue weighted by molar-refractivity contribution is 0.0762. The molecule has 3 rings (SSSR count).